The zero-order valence-electron chi connectivity index (χ0n) is 11.0. The fourth-order valence-electron chi connectivity index (χ4n) is 1.84. The van der Waals surface area contributed by atoms with Crippen LogP contribution in [0.4, 0.5) is 15.8 Å². The van der Waals surface area contributed by atoms with Crippen LogP contribution >= 0.6 is 0 Å². The first-order chi connectivity index (χ1) is 9.60. The summed E-state index contributed by atoms with van der Waals surface area (Å²) in [5.41, 5.74) is 7.55. The quantitative estimate of drug-likeness (QED) is 0.843. The molecular weight excluding hydrogens is 259 g/mol. The van der Waals surface area contributed by atoms with Gasteiger partial charge in [0.2, 0.25) is 0 Å². The van der Waals surface area contributed by atoms with Crippen molar-refractivity contribution in [3.63, 3.8) is 0 Å². The normalized spacial score (nSPS) is 10.3. The molecule has 3 N–H and O–H groups in total. The maximum absolute atomic E-state index is 12.9. The number of benzene rings is 2. The van der Waals surface area contributed by atoms with Crippen LogP contribution in [0.15, 0.2) is 42.5 Å². The van der Waals surface area contributed by atoms with Crippen molar-refractivity contribution in [1.29, 1.82) is 0 Å². The lowest BCUT2D eigenvalue weighted by molar-refractivity contribution is 0.102. The van der Waals surface area contributed by atoms with E-state index in [2.05, 4.69) is 5.32 Å². The van der Waals surface area contributed by atoms with E-state index in [4.69, 9.17) is 10.5 Å². The zero-order valence-corrected chi connectivity index (χ0v) is 11.0. The summed E-state index contributed by atoms with van der Waals surface area (Å²) in [6.45, 7) is 0.461. The lowest BCUT2D eigenvalue weighted by Crippen LogP contribution is -2.14. The third-order valence-electron chi connectivity index (χ3n) is 2.75. The number of methoxy groups -OCH3 is 1. The molecule has 0 aliphatic rings. The van der Waals surface area contributed by atoms with Crippen LogP contribution in [0.2, 0.25) is 0 Å². The van der Waals surface area contributed by atoms with Crippen molar-refractivity contribution >= 4 is 17.3 Å². The minimum atomic E-state index is -0.471. The summed E-state index contributed by atoms with van der Waals surface area (Å²) in [5, 5.41) is 2.72. The Morgan fingerprint density at radius 1 is 1.30 bits per heavy atom. The second-order valence-electron chi connectivity index (χ2n) is 4.32. The summed E-state index contributed by atoms with van der Waals surface area (Å²) in [6.07, 6.45) is 0. The number of carbonyl (C=O) groups excluding carboxylic acids is 1. The minimum absolute atomic E-state index is 0.107. The van der Waals surface area contributed by atoms with Crippen LogP contribution < -0.4 is 11.1 Å². The molecule has 0 saturated carbocycles. The van der Waals surface area contributed by atoms with E-state index in [9.17, 15) is 9.18 Å². The summed E-state index contributed by atoms with van der Waals surface area (Å²) in [7, 11) is 1.60. The molecule has 0 aliphatic heterocycles. The molecule has 4 nitrogen and oxygen atoms in total. The van der Waals surface area contributed by atoms with Crippen molar-refractivity contribution in [2.24, 2.45) is 0 Å². The average Bonchev–Trinajstić information content (AvgIpc) is 2.39. The average molecular weight is 274 g/mol. The minimum Gasteiger partial charge on any atom is -0.398 e. The number of nitrogen functional groups attached to an aromatic ring is 1. The highest BCUT2D eigenvalue weighted by molar-refractivity contribution is 6.07. The fourth-order valence-corrected chi connectivity index (χ4v) is 1.84. The standard InChI is InChI=1S/C15H15FN2O2/c1-20-9-10-3-2-4-12(7-10)18-15(19)13-6-5-11(16)8-14(13)17/h2-8H,9,17H2,1H3,(H,18,19). The molecule has 0 atom stereocenters. The van der Waals surface area contributed by atoms with Crippen LogP contribution in [0.1, 0.15) is 15.9 Å². The van der Waals surface area contributed by atoms with Gasteiger partial charge in [-0.3, -0.25) is 4.79 Å². The van der Waals surface area contributed by atoms with Crippen LogP contribution in [0.25, 0.3) is 0 Å². The van der Waals surface area contributed by atoms with E-state index in [0.717, 1.165) is 11.6 Å². The number of amides is 1. The predicted molar refractivity (Wildman–Crippen MR) is 75.9 cm³/mol. The summed E-state index contributed by atoms with van der Waals surface area (Å²) in [5.74, 6) is -0.849. The molecule has 0 unspecified atom stereocenters. The number of nitrogens with one attached hydrogen (secondary N) is 1. The second-order valence-corrected chi connectivity index (χ2v) is 4.32. The Labute approximate surface area is 116 Å². The smallest absolute Gasteiger partial charge is 0.257 e. The molecule has 2 aromatic carbocycles. The van der Waals surface area contributed by atoms with Gasteiger partial charge in [-0.05, 0) is 35.9 Å². The van der Waals surface area contributed by atoms with E-state index in [1.165, 1.54) is 12.1 Å². The highest BCUT2D eigenvalue weighted by atomic mass is 19.1. The number of rotatable bonds is 4. The van der Waals surface area contributed by atoms with Gasteiger partial charge in [0, 0.05) is 18.5 Å². The molecular formula is C15H15FN2O2. The van der Waals surface area contributed by atoms with Crippen LogP contribution in [-0.4, -0.2) is 13.0 Å². The van der Waals surface area contributed by atoms with Crippen molar-refractivity contribution in [3.05, 3.63) is 59.4 Å². The highest BCUT2D eigenvalue weighted by Crippen LogP contribution is 2.17. The highest BCUT2D eigenvalue weighted by Gasteiger charge is 2.10. The first-order valence-electron chi connectivity index (χ1n) is 6.04. The molecule has 0 radical (unpaired) electrons. The van der Waals surface area contributed by atoms with E-state index < -0.39 is 5.82 Å². The van der Waals surface area contributed by atoms with Gasteiger partial charge in [0.15, 0.2) is 0 Å². The molecule has 0 fully saturated rings. The fraction of sp³-hybridized carbons (Fsp3) is 0.133. The van der Waals surface area contributed by atoms with Crippen LogP contribution in [0, 0.1) is 5.82 Å². The van der Waals surface area contributed by atoms with Gasteiger partial charge in [0.25, 0.3) is 5.91 Å². The van der Waals surface area contributed by atoms with Crippen LogP contribution in [-0.2, 0) is 11.3 Å². The van der Waals surface area contributed by atoms with E-state index in [-0.39, 0.29) is 17.2 Å². The van der Waals surface area contributed by atoms with Crippen molar-refractivity contribution in [2.45, 2.75) is 6.61 Å². The number of halogens is 1. The Hall–Kier alpha value is -2.40. The molecule has 0 bridgehead atoms. The van der Waals surface area contributed by atoms with Gasteiger partial charge in [0.1, 0.15) is 5.82 Å². The van der Waals surface area contributed by atoms with Gasteiger partial charge in [0.05, 0.1) is 12.2 Å². The second kappa shape index (κ2) is 6.16. The molecule has 2 rings (SSSR count). The molecule has 0 aromatic heterocycles. The van der Waals surface area contributed by atoms with Crippen molar-refractivity contribution < 1.29 is 13.9 Å². The Morgan fingerprint density at radius 2 is 2.10 bits per heavy atom. The number of nitrogens with two attached hydrogens (primary N) is 1. The lowest BCUT2D eigenvalue weighted by Gasteiger charge is -2.09. The van der Waals surface area contributed by atoms with Gasteiger partial charge in [-0.15, -0.1) is 0 Å². The number of carbonyl (C=O) groups is 1. The molecule has 5 heteroatoms. The molecule has 104 valence electrons. The van der Waals surface area contributed by atoms with Crippen molar-refractivity contribution in [2.75, 3.05) is 18.2 Å². The lowest BCUT2D eigenvalue weighted by atomic mass is 10.1. The van der Waals surface area contributed by atoms with E-state index in [0.29, 0.717) is 12.3 Å². The number of hydrogen-bond donors (Lipinski definition) is 2. The first kappa shape index (κ1) is 14.0. The maximum atomic E-state index is 12.9. The molecule has 0 aliphatic carbocycles. The number of ether oxygens (including phenoxy) is 1. The monoisotopic (exact) mass is 274 g/mol. The van der Waals surface area contributed by atoms with Gasteiger partial charge in [-0.1, -0.05) is 12.1 Å². The third-order valence-corrected chi connectivity index (χ3v) is 2.75. The zero-order chi connectivity index (χ0) is 14.5. The van der Waals surface area contributed by atoms with Crippen molar-refractivity contribution in [3.8, 4) is 0 Å². The number of hydrogen-bond acceptors (Lipinski definition) is 3. The Kier molecular flexibility index (Phi) is 4.32. The first-order valence-corrected chi connectivity index (χ1v) is 6.04. The SMILES string of the molecule is COCc1cccc(NC(=O)c2ccc(F)cc2N)c1. The van der Waals surface area contributed by atoms with Gasteiger partial charge >= 0.3 is 0 Å². The summed E-state index contributed by atoms with van der Waals surface area (Å²) in [4.78, 5) is 12.1. The van der Waals surface area contributed by atoms with Gasteiger partial charge in [-0.2, -0.15) is 0 Å². The summed E-state index contributed by atoms with van der Waals surface area (Å²) >= 11 is 0. The number of anilines is 2. The third kappa shape index (κ3) is 3.33. The van der Waals surface area contributed by atoms with Crippen LogP contribution in [0.5, 0.6) is 0 Å². The molecule has 2 aromatic rings. The van der Waals surface area contributed by atoms with E-state index >= 15 is 0 Å². The molecule has 0 heterocycles. The van der Waals surface area contributed by atoms with Crippen LogP contribution in [0.3, 0.4) is 0 Å². The van der Waals surface area contributed by atoms with E-state index in [1.807, 2.05) is 12.1 Å². The molecule has 0 saturated heterocycles. The Balaban J connectivity index is 2.17. The summed E-state index contributed by atoms with van der Waals surface area (Å²) < 4.78 is 18.0. The topological polar surface area (TPSA) is 64.3 Å². The van der Waals surface area contributed by atoms with Crippen molar-refractivity contribution in [1.82, 2.24) is 0 Å². The van der Waals surface area contributed by atoms with Gasteiger partial charge < -0.3 is 15.8 Å². The molecule has 20 heavy (non-hydrogen) atoms. The largest absolute Gasteiger partial charge is 0.398 e. The molecule has 1 amide bonds. The Morgan fingerprint density at radius 3 is 2.80 bits per heavy atom. The maximum Gasteiger partial charge on any atom is 0.257 e. The predicted octanol–water partition coefficient (Wildman–Crippen LogP) is 2.81. The molecule has 0 spiro atoms. The summed E-state index contributed by atoms with van der Waals surface area (Å²) in [6, 6.07) is 11.0. The van der Waals surface area contributed by atoms with E-state index in [1.54, 1.807) is 19.2 Å². The van der Waals surface area contributed by atoms with Gasteiger partial charge in [-0.25, -0.2) is 4.39 Å². The Bertz CT molecular complexity index is 629.